The molecule has 1 atom stereocenters. The number of rotatable bonds is 6. The van der Waals surface area contributed by atoms with Gasteiger partial charge in [-0.1, -0.05) is 12.1 Å². The number of imidazole rings is 1. The Balaban J connectivity index is 1.62. The van der Waals surface area contributed by atoms with Gasteiger partial charge in [-0.2, -0.15) is 0 Å². The summed E-state index contributed by atoms with van der Waals surface area (Å²) in [6.45, 7) is 0. The second-order valence-corrected chi connectivity index (χ2v) is 6.52. The van der Waals surface area contributed by atoms with E-state index in [-0.39, 0.29) is 6.42 Å². The number of fused-ring (bicyclic) bond motifs is 1. The molecule has 1 aromatic carbocycles. The van der Waals surface area contributed by atoms with E-state index in [1.54, 1.807) is 43.0 Å². The van der Waals surface area contributed by atoms with Crippen LogP contribution in [0.1, 0.15) is 15.9 Å². The quantitative estimate of drug-likeness (QED) is 0.466. The Morgan fingerprint density at radius 3 is 2.59 bits per heavy atom. The Morgan fingerprint density at radius 2 is 1.86 bits per heavy atom. The van der Waals surface area contributed by atoms with Crippen LogP contribution in [0.25, 0.3) is 22.4 Å². The van der Waals surface area contributed by atoms with Gasteiger partial charge in [0.15, 0.2) is 0 Å². The Bertz CT molecular complexity index is 1160. The summed E-state index contributed by atoms with van der Waals surface area (Å²) in [6.07, 6.45) is 6.88. The first-order valence-electron chi connectivity index (χ1n) is 9.00. The van der Waals surface area contributed by atoms with Gasteiger partial charge in [0, 0.05) is 36.8 Å². The minimum Gasteiger partial charge on any atom is -0.368 e. The normalized spacial score (nSPS) is 11.9. The number of H-pyrrole nitrogens is 1. The number of carbonyl (C=O) groups excluding carboxylic acids is 2. The lowest BCUT2D eigenvalue weighted by Crippen LogP contribution is -2.45. The molecule has 0 aliphatic rings. The predicted octanol–water partition coefficient (Wildman–Crippen LogP) is 1.85. The van der Waals surface area contributed by atoms with Crippen LogP contribution in [-0.4, -0.2) is 37.8 Å². The van der Waals surface area contributed by atoms with Crippen LogP contribution in [0.4, 0.5) is 0 Å². The van der Waals surface area contributed by atoms with E-state index in [2.05, 4.69) is 25.3 Å². The molecule has 0 spiro atoms. The number of nitrogens with two attached hydrogens (primary N) is 1. The number of nitrogens with one attached hydrogen (secondary N) is 2. The molecule has 0 saturated carbocycles. The van der Waals surface area contributed by atoms with Crippen LogP contribution in [0.2, 0.25) is 0 Å². The highest BCUT2D eigenvalue weighted by Crippen LogP contribution is 2.22. The van der Waals surface area contributed by atoms with Gasteiger partial charge in [0.2, 0.25) is 5.91 Å². The minimum absolute atomic E-state index is 0.258. The molecule has 0 saturated heterocycles. The molecule has 3 aromatic heterocycles. The zero-order valence-corrected chi connectivity index (χ0v) is 15.4. The highest BCUT2D eigenvalue weighted by Gasteiger charge is 2.22. The molecule has 8 heteroatoms. The standard InChI is InChI=1S/C21H18N6O2/c22-19(28)17(11-13-3-2-8-24-12-13)26-21(29)15-4-1-5-16-18(15)27-20(25-16)14-6-9-23-10-7-14/h1-10,12,17H,11H2,(H2,22,28)(H,25,27)(H,26,29)/t17-/m0/s1. The molecule has 0 fully saturated rings. The highest BCUT2D eigenvalue weighted by molar-refractivity contribution is 6.06. The summed E-state index contributed by atoms with van der Waals surface area (Å²) in [6, 6.07) is 11.6. The smallest absolute Gasteiger partial charge is 0.254 e. The Kier molecular flexibility index (Phi) is 4.98. The van der Waals surface area contributed by atoms with E-state index < -0.39 is 17.9 Å². The zero-order chi connectivity index (χ0) is 20.2. The van der Waals surface area contributed by atoms with E-state index in [0.717, 1.165) is 11.1 Å². The van der Waals surface area contributed by atoms with Crippen molar-refractivity contribution in [3.63, 3.8) is 0 Å². The number of para-hydroxylation sites is 1. The van der Waals surface area contributed by atoms with E-state index in [4.69, 9.17) is 5.73 Å². The zero-order valence-electron chi connectivity index (χ0n) is 15.4. The monoisotopic (exact) mass is 386 g/mol. The van der Waals surface area contributed by atoms with Crippen LogP contribution in [-0.2, 0) is 11.2 Å². The van der Waals surface area contributed by atoms with E-state index >= 15 is 0 Å². The van der Waals surface area contributed by atoms with Gasteiger partial charge < -0.3 is 16.0 Å². The number of aromatic amines is 1. The predicted molar refractivity (Wildman–Crippen MR) is 108 cm³/mol. The van der Waals surface area contributed by atoms with E-state index in [0.29, 0.717) is 22.4 Å². The average Bonchev–Trinajstić information content (AvgIpc) is 3.19. The van der Waals surface area contributed by atoms with Gasteiger partial charge in [-0.25, -0.2) is 4.98 Å². The molecule has 0 aliphatic carbocycles. The maximum absolute atomic E-state index is 12.9. The van der Waals surface area contributed by atoms with Crippen molar-refractivity contribution in [1.29, 1.82) is 0 Å². The first kappa shape index (κ1) is 18.3. The molecule has 3 heterocycles. The molecule has 29 heavy (non-hydrogen) atoms. The number of benzene rings is 1. The number of carbonyl (C=O) groups is 2. The number of hydrogen-bond acceptors (Lipinski definition) is 5. The number of pyridine rings is 2. The van der Waals surface area contributed by atoms with Crippen molar-refractivity contribution in [2.45, 2.75) is 12.5 Å². The molecule has 0 unspecified atom stereocenters. The van der Waals surface area contributed by atoms with Gasteiger partial charge in [0.25, 0.3) is 5.91 Å². The van der Waals surface area contributed by atoms with E-state index in [9.17, 15) is 9.59 Å². The number of amides is 2. The maximum atomic E-state index is 12.9. The van der Waals surface area contributed by atoms with Crippen molar-refractivity contribution < 1.29 is 9.59 Å². The number of nitrogens with zero attached hydrogens (tertiary/aromatic N) is 3. The van der Waals surface area contributed by atoms with Gasteiger partial charge in [0.05, 0.1) is 11.1 Å². The van der Waals surface area contributed by atoms with Crippen molar-refractivity contribution in [3.8, 4) is 11.4 Å². The summed E-state index contributed by atoms with van der Waals surface area (Å²) in [4.78, 5) is 40.6. The third kappa shape index (κ3) is 3.96. The maximum Gasteiger partial charge on any atom is 0.254 e. The first-order valence-corrected chi connectivity index (χ1v) is 9.00. The second-order valence-electron chi connectivity index (χ2n) is 6.52. The molecule has 4 rings (SSSR count). The number of hydrogen-bond donors (Lipinski definition) is 3. The van der Waals surface area contributed by atoms with Crippen LogP contribution in [0.3, 0.4) is 0 Å². The van der Waals surface area contributed by atoms with E-state index in [1.807, 2.05) is 24.3 Å². The lowest BCUT2D eigenvalue weighted by atomic mass is 10.1. The molecule has 4 aromatic rings. The van der Waals surface area contributed by atoms with Gasteiger partial charge in [-0.3, -0.25) is 19.6 Å². The molecule has 8 nitrogen and oxygen atoms in total. The molecular formula is C21H18N6O2. The van der Waals surface area contributed by atoms with Gasteiger partial charge in [-0.15, -0.1) is 0 Å². The fourth-order valence-corrected chi connectivity index (χ4v) is 3.08. The molecule has 4 N–H and O–H groups in total. The van der Waals surface area contributed by atoms with Crippen LogP contribution in [0, 0.1) is 0 Å². The third-order valence-electron chi connectivity index (χ3n) is 4.52. The minimum atomic E-state index is -0.861. The molecule has 2 amide bonds. The largest absolute Gasteiger partial charge is 0.368 e. The molecule has 0 bridgehead atoms. The van der Waals surface area contributed by atoms with Crippen LogP contribution >= 0.6 is 0 Å². The van der Waals surface area contributed by atoms with Crippen molar-refractivity contribution in [2.24, 2.45) is 5.73 Å². The summed E-state index contributed by atoms with van der Waals surface area (Å²) < 4.78 is 0. The van der Waals surface area contributed by atoms with Gasteiger partial charge >= 0.3 is 0 Å². The van der Waals surface area contributed by atoms with Gasteiger partial charge in [-0.05, 0) is 35.9 Å². The Labute approximate surface area is 166 Å². The van der Waals surface area contributed by atoms with Gasteiger partial charge in [0.1, 0.15) is 17.4 Å². The summed E-state index contributed by atoms with van der Waals surface area (Å²) in [5, 5.41) is 2.72. The highest BCUT2D eigenvalue weighted by atomic mass is 16.2. The Hall–Kier alpha value is -4.07. The fraction of sp³-hybridized carbons (Fsp3) is 0.0952. The second kappa shape index (κ2) is 7.89. The van der Waals surface area contributed by atoms with Crippen LogP contribution in [0.5, 0.6) is 0 Å². The molecule has 144 valence electrons. The summed E-state index contributed by atoms with van der Waals surface area (Å²) >= 11 is 0. The molecular weight excluding hydrogens is 368 g/mol. The SMILES string of the molecule is NC(=O)[C@H](Cc1cccnc1)NC(=O)c1cccc2[nH]c(-c3ccncc3)nc12. The number of aromatic nitrogens is 4. The summed E-state index contributed by atoms with van der Waals surface area (Å²) in [7, 11) is 0. The molecule has 0 radical (unpaired) electrons. The van der Waals surface area contributed by atoms with Crippen LogP contribution < -0.4 is 11.1 Å². The lowest BCUT2D eigenvalue weighted by molar-refractivity contribution is -0.119. The average molecular weight is 386 g/mol. The van der Waals surface area contributed by atoms with Crippen molar-refractivity contribution in [3.05, 3.63) is 78.4 Å². The topological polar surface area (TPSA) is 127 Å². The van der Waals surface area contributed by atoms with E-state index in [1.165, 1.54) is 0 Å². The number of primary amides is 1. The Morgan fingerprint density at radius 1 is 1.03 bits per heavy atom. The lowest BCUT2D eigenvalue weighted by Gasteiger charge is -2.15. The third-order valence-corrected chi connectivity index (χ3v) is 4.52. The summed E-state index contributed by atoms with van der Waals surface area (Å²) in [5.41, 5.74) is 8.75. The first-order chi connectivity index (χ1) is 14.1. The summed E-state index contributed by atoms with van der Waals surface area (Å²) in [5.74, 6) is -0.408. The van der Waals surface area contributed by atoms with Crippen LogP contribution in [0.15, 0.2) is 67.3 Å². The van der Waals surface area contributed by atoms with Crippen molar-refractivity contribution >= 4 is 22.8 Å². The fourth-order valence-electron chi connectivity index (χ4n) is 3.08. The van der Waals surface area contributed by atoms with Crippen molar-refractivity contribution in [1.82, 2.24) is 25.3 Å². The molecule has 0 aliphatic heterocycles. The van der Waals surface area contributed by atoms with Crippen molar-refractivity contribution in [2.75, 3.05) is 0 Å².